The van der Waals surface area contributed by atoms with E-state index in [9.17, 15) is 8.60 Å². The molecule has 0 bridgehead atoms. The lowest BCUT2D eigenvalue weighted by molar-refractivity contribution is 0.123. The second-order valence-electron chi connectivity index (χ2n) is 8.36. The van der Waals surface area contributed by atoms with E-state index in [0.29, 0.717) is 35.1 Å². The van der Waals surface area contributed by atoms with Crippen LogP contribution in [0.2, 0.25) is 0 Å². The molecule has 1 aliphatic heterocycles. The van der Waals surface area contributed by atoms with Crippen molar-refractivity contribution in [2.45, 2.75) is 26.4 Å². The van der Waals surface area contributed by atoms with Gasteiger partial charge < -0.3 is 14.8 Å². The van der Waals surface area contributed by atoms with Crippen LogP contribution in [-0.4, -0.2) is 46.0 Å². The number of aryl methyl sites for hydroxylation is 1. The first-order chi connectivity index (χ1) is 15.2. The largest absolute Gasteiger partial charge is 0.488 e. The zero-order valence-corrected chi connectivity index (χ0v) is 19.4. The maximum Gasteiger partial charge on any atom is 0.146 e. The number of rotatable bonds is 6. The fraction of sp³-hybridized carbons (Fsp3) is 0.391. The van der Waals surface area contributed by atoms with Crippen molar-refractivity contribution >= 4 is 37.8 Å². The van der Waals surface area contributed by atoms with Gasteiger partial charge in [0.15, 0.2) is 0 Å². The van der Waals surface area contributed by atoms with Crippen LogP contribution < -0.4 is 10.1 Å². The number of anilines is 2. The van der Waals surface area contributed by atoms with Crippen LogP contribution in [0, 0.1) is 18.7 Å². The Balaban J connectivity index is 1.70. The van der Waals surface area contributed by atoms with E-state index in [-0.39, 0.29) is 17.8 Å². The van der Waals surface area contributed by atoms with Crippen LogP contribution in [0.3, 0.4) is 0 Å². The summed E-state index contributed by atoms with van der Waals surface area (Å²) in [6, 6.07) is 8.03. The molecule has 1 aliphatic rings. The average Bonchev–Trinajstić information content (AvgIpc) is 3.23. The molecule has 0 radical (unpaired) electrons. The Morgan fingerprint density at radius 2 is 2.09 bits per heavy atom. The lowest BCUT2D eigenvalue weighted by Gasteiger charge is -2.22. The van der Waals surface area contributed by atoms with E-state index in [4.69, 9.17) is 9.47 Å². The van der Waals surface area contributed by atoms with E-state index in [1.54, 1.807) is 24.6 Å². The van der Waals surface area contributed by atoms with Crippen LogP contribution in [0.15, 0.2) is 41.0 Å². The molecule has 1 N–H and O–H groups in total. The standard InChI is InChI=1S/C23H27FN4O3S/c1-14-9-18(28-32(3,4)29)11-20-22(14)23(26-13-25-20)27-19-6-5-17(24)10-21(19)31-15(2)16-7-8-30-12-16/h5-6,9-11,13,15-16H,7-8,12H2,1-4H3,(H,25,26,27). The Morgan fingerprint density at radius 1 is 1.28 bits per heavy atom. The lowest BCUT2D eigenvalue weighted by atomic mass is 10.0. The Bertz CT molecular complexity index is 1260. The van der Waals surface area contributed by atoms with E-state index >= 15 is 0 Å². The highest BCUT2D eigenvalue weighted by Gasteiger charge is 2.25. The Kier molecular flexibility index (Phi) is 6.30. The zero-order chi connectivity index (χ0) is 22.9. The Morgan fingerprint density at radius 3 is 2.81 bits per heavy atom. The number of nitrogens with one attached hydrogen (secondary N) is 1. The maximum atomic E-state index is 14.0. The van der Waals surface area contributed by atoms with Crippen LogP contribution in [0.4, 0.5) is 21.6 Å². The third-order valence-electron chi connectivity index (χ3n) is 5.38. The maximum absolute atomic E-state index is 14.0. The second kappa shape index (κ2) is 8.99. The summed E-state index contributed by atoms with van der Waals surface area (Å²) < 4.78 is 42.0. The number of halogens is 1. The molecule has 1 fully saturated rings. The predicted molar refractivity (Wildman–Crippen MR) is 125 cm³/mol. The summed E-state index contributed by atoms with van der Waals surface area (Å²) in [5.74, 6) is 0.874. The van der Waals surface area contributed by atoms with Gasteiger partial charge in [-0.3, -0.25) is 0 Å². The number of hydrogen-bond donors (Lipinski definition) is 1. The Hall–Kier alpha value is -2.78. The molecule has 9 heteroatoms. The third-order valence-corrected chi connectivity index (χ3v) is 6.03. The van der Waals surface area contributed by atoms with Crippen molar-refractivity contribution < 1.29 is 18.1 Å². The Labute approximate surface area is 187 Å². The second-order valence-corrected chi connectivity index (χ2v) is 10.9. The van der Waals surface area contributed by atoms with Gasteiger partial charge in [-0.15, -0.1) is 0 Å². The number of ether oxygens (including phenoxy) is 2. The minimum Gasteiger partial charge on any atom is -0.488 e. The molecule has 0 saturated carbocycles. The lowest BCUT2D eigenvalue weighted by Crippen LogP contribution is -2.24. The van der Waals surface area contributed by atoms with E-state index in [2.05, 4.69) is 19.6 Å². The number of hydrogen-bond acceptors (Lipinski definition) is 7. The summed E-state index contributed by atoms with van der Waals surface area (Å²) in [4.78, 5) is 8.77. The van der Waals surface area contributed by atoms with Gasteiger partial charge in [0.25, 0.3) is 0 Å². The van der Waals surface area contributed by atoms with Crippen molar-refractivity contribution in [3.8, 4) is 5.75 Å². The molecular formula is C23H27FN4O3S. The highest BCUT2D eigenvalue weighted by atomic mass is 32.2. The van der Waals surface area contributed by atoms with E-state index in [0.717, 1.165) is 24.0 Å². The third kappa shape index (κ3) is 5.16. The normalized spacial score (nSPS) is 17.3. The minimum atomic E-state index is -2.29. The van der Waals surface area contributed by atoms with E-state index in [1.807, 2.05) is 19.9 Å². The molecule has 170 valence electrons. The highest BCUT2D eigenvalue weighted by molar-refractivity contribution is 7.92. The number of nitrogens with zero attached hydrogens (tertiary/aromatic N) is 3. The van der Waals surface area contributed by atoms with Gasteiger partial charge in [0.2, 0.25) is 0 Å². The molecule has 2 unspecified atom stereocenters. The zero-order valence-electron chi connectivity index (χ0n) is 18.6. The number of fused-ring (bicyclic) bond motifs is 1. The van der Waals surface area contributed by atoms with Crippen LogP contribution in [0.1, 0.15) is 18.9 Å². The summed E-state index contributed by atoms with van der Waals surface area (Å²) in [5.41, 5.74) is 2.77. The number of benzene rings is 2. The molecule has 2 atom stereocenters. The molecular weight excluding hydrogens is 431 g/mol. The highest BCUT2D eigenvalue weighted by Crippen LogP contribution is 2.35. The van der Waals surface area contributed by atoms with Gasteiger partial charge in [-0.05, 0) is 50.1 Å². The smallest absolute Gasteiger partial charge is 0.146 e. The molecule has 2 heterocycles. The molecule has 0 spiro atoms. The fourth-order valence-corrected chi connectivity index (χ4v) is 4.43. The van der Waals surface area contributed by atoms with Crippen LogP contribution in [-0.2, 0) is 14.5 Å². The van der Waals surface area contributed by atoms with Crippen molar-refractivity contribution in [3.63, 3.8) is 0 Å². The molecule has 2 aromatic carbocycles. The first-order valence-corrected chi connectivity index (χ1v) is 12.8. The van der Waals surface area contributed by atoms with Crippen molar-refractivity contribution in [2.75, 3.05) is 31.0 Å². The summed E-state index contributed by atoms with van der Waals surface area (Å²) in [7, 11) is -2.29. The van der Waals surface area contributed by atoms with Gasteiger partial charge in [-0.1, -0.05) is 0 Å². The van der Waals surface area contributed by atoms with Crippen molar-refractivity contribution in [1.29, 1.82) is 0 Å². The average molecular weight is 459 g/mol. The van der Waals surface area contributed by atoms with Gasteiger partial charge in [0.1, 0.15) is 29.8 Å². The predicted octanol–water partition coefficient (Wildman–Crippen LogP) is 4.98. The summed E-state index contributed by atoms with van der Waals surface area (Å²) in [5, 5.41) is 4.09. The molecule has 0 aliphatic carbocycles. The number of aromatic nitrogens is 2. The minimum absolute atomic E-state index is 0.120. The molecule has 3 aromatic rings. The first kappa shape index (κ1) is 22.4. The van der Waals surface area contributed by atoms with Crippen LogP contribution in [0.5, 0.6) is 5.75 Å². The van der Waals surface area contributed by atoms with Gasteiger partial charge in [-0.25, -0.2) is 18.6 Å². The van der Waals surface area contributed by atoms with Crippen molar-refractivity contribution in [1.82, 2.24) is 9.97 Å². The van der Waals surface area contributed by atoms with Gasteiger partial charge in [-0.2, -0.15) is 4.36 Å². The molecule has 1 saturated heterocycles. The monoisotopic (exact) mass is 458 g/mol. The van der Waals surface area contributed by atoms with E-state index in [1.165, 1.54) is 18.5 Å². The molecule has 4 rings (SSSR count). The van der Waals surface area contributed by atoms with Gasteiger partial charge >= 0.3 is 0 Å². The van der Waals surface area contributed by atoms with Gasteiger partial charge in [0.05, 0.1) is 23.5 Å². The molecule has 7 nitrogen and oxygen atoms in total. The quantitative estimate of drug-likeness (QED) is 0.560. The summed E-state index contributed by atoms with van der Waals surface area (Å²) in [6.07, 6.45) is 5.43. The van der Waals surface area contributed by atoms with Crippen LogP contribution >= 0.6 is 0 Å². The first-order valence-electron chi connectivity index (χ1n) is 10.4. The summed E-state index contributed by atoms with van der Waals surface area (Å²) in [6.45, 7) is 5.26. The van der Waals surface area contributed by atoms with Gasteiger partial charge in [0, 0.05) is 46.2 Å². The SMILES string of the molecule is Cc1cc(N=S(C)(C)=O)cc2ncnc(Nc3ccc(F)cc3OC(C)C3CCOC3)c12. The van der Waals surface area contributed by atoms with E-state index < -0.39 is 9.73 Å². The summed E-state index contributed by atoms with van der Waals surface area (Å²) >= 11 is 0. The molecule has 1 aromatic heterocycles. The molecule has 0 amide bonds. The fourth-order valence-electron chi connectivity index (χ4n) is 3.82. The molecule has 32 heavy (non-hydrogen) atoms. The van der Waals surface area contributed by atoms with Crippen LogP contribution in [0.25, 0.3) is 10.9 Å². The topological polar surface area (TPSA) is 85.7 Å². The van der Waals surface area contributed by atoms with Crippen molar-refractivity contribution in [2.24, 2.45) is 10.3 Å². The van der Waals surface area contributed by atoms with Crippen molar-refractivity contribution in [3.05, 3.63) is 48.0 Å².